The fourth-order valence-electron chi connectivity index (χ4n) is 1.54. The van der Waals surface area contributed by atoms with E-state index >= 15 is 0 Å². The molecule has 1 aliphatic heterocycles. The highest BCUT2D eigenvalue weighted by Gasteiger charge is 2.16. The standard InChI is InChI=1S/C10H14N4O2/c1-14(6-12-11)7-2-3-9-8(4-7)13-10(15)5-16-9/h2-4,12H,5-6,11H2,1H3,(H,13,15). The van der Waals surface area contributed by atoms with Crippen molar-refractivity contribution in [1.82, 2.24) is 5.43 Å². The molecular weight excluding hydrogens is 208 g/mol. The number of carbonyl (C=O) groups is 1. The Labute approximate surface area is 93.3 Å². The highest BCUT2D eigenvalue weighted by molar-refractivity contribution is 5.96. The lowest BCUT2D eigenvalue weighted by atomic mass is 10.2. The molecule has 1 aliphatic rings. The SMILES string of the molecule is CN(CNN)c1ccc2c(c1)NC(=O)CO2. The number of ether oxygens (including phenoxy) is 1. The number of nitrogens with two attached hydrogens (primary N) is 1. The van der Waals surface area contributed by atoms with Crippen LogP contribution in [-0.4, -0.2) is 26.2 Å². The maximum Gasteiger partial charge on any atom is 0.262 e. The Morgan fingerprint density at radius 2 is 2.44 bits per heavy atom. The topological polar surface area (TPSA) is 79.6 Å². The second-order valence-corrected chi connectivity index (χ2v) is 3.58. The quantitative estimate of drug-likeness (QED) is 0.377. The van der Waals surface area contributed by atoms with E-state index in [1.807, 2.05) is 30.1 Å². The Bertz CT molecular complexity index is 408. The predicted molar refractivity (Wildman–Crippen MR) is 61.2 cm³/mol. The summed E-state index contributed by atoms with van der Waals surface area (Å²) in [5.74, 6) is 5.80. The molecule has 0 aliphatic carbocycles. The number of carbonyl (C=O) groups excluding carboxylic acids is 1. The first kappa shape index (κ1) is 10.7. The number of hydrazine groups is 1. The van der Waals surface area contributed by atoms with Crippen LogP contribution in [0.1, 0.15) is 0 Å². The number of nitrogens with one attached hydrogen (secondary N) is 2. The molecule has 1 heterocycles. The van der Waals surface area contributed by atoms with Gasteiger partial charge in [0, 0.05) is 12.7 Å². The normalized spacial score (nSPS) is 13.8. The number of anilines is 2. The van der Waals surface area contributed by atoms with Crippen LogP contribution in [0, 0.1) is 0 Å². The van der Waals surface area contributed by atoms with Gasteiger partial charge in [0.1, 0.15) is 5.75 Å². The average Bonchev–Trinajstić information content (AvgIpc) is 2.28. The van der Waals surface area contributed by atoms with Crippen molar-refractivity contribution in [3.63, 3.8) is 0 Å². The first-order valence-corrected chi connectivity index (χ1v) is 4.92. The summed E-state index contributed by atoms with van der Waals surface area (Å²) in [5.41, 5.74) is 4.20. The molecule has 0 unspecified atom stereocenters. The zero-order valence-electron chi connectivity index (χ0n) is 8.99. The van der Waals surface area contributed by atoms with Crippen LogP contribution < -0.4 is 26.2 Å². The number of hydrogen-bond acceptors (Lipinski definition) is 5. The molecule has 1 amide bonds. The van der Waals surface area contributed by atoms with Gasteiger partial charge in [-0.2, -0.15) is 0 Å². The van der Waals surface area contributed by atoms with Crippen molar-refractivity contribution in [2.45, 2.75) is 0 Å². The van der Waals surface area contributed by atoms with Crippen molar-refractivity contribution < 1.29 is 9.53 Å². The minimum absolute atomic E-state index is 0.0759. The van der Waals surface area contributed by atoms with Crippen LogP contribution in [0.2, 0.25) is 0 Å². The van der Waals surface area contributed by atoms with Crippen LogP contribution in [0.25, 0.3) is 0 Å². The Hall–Kier alpha value is -1.79. The van der Waals surface area contributed by atoms with Gasteiger partial charge in [-0.25, -0.2) is 5.43 Å². The molecule has 0 aromatic heterocycles. The van der Waals surface area contributed by atoms with Gasteiger partial charge < -0.3 is 15.0 Å². The number of rotatable bonds is 3. The Kier molecular flexibility index (Phi) is 2.93. The summed E-state index contributed by atoms with van der Waals surface area (Å²) in [6, 6.07) is 5.59. The van der Waals surface area contributed by atoms with E-state index in [0.717, 1.165) is 5.69 Å². The maximum absolute atomic E-state index is 11.2. The van der Waals surface area contributed by atoms with Crippen molar-refractivity contribution in [2.24, 2.45) is 5.84 Å². The third-order valence-electron chi connectivity index (χ3n) is 2.37. The Morgan fingerprint density at radius 1 is 1.62 bits per heavy atom. The van der Waals surface area contributed by atoms with Gasteiger partial charge in [-0.1, -0.05) is 0 Å². The van der Waals surface area contributed by atoms with Gasteiger partial charge in [0.25, 0.3) is 5.91 Å². The number of nitrogens with zero attached hydrogens (tertiary/aromatic N) is 1. The van der Waals surface area contributed by atoms with E-state index in [4.69, 9.17) is 10.6 Å². The number of amides is 1. The van der Waals surface area contributed by atoms with E-state index in [9.17, 15) is 4.79 Å². The van der Waals surface area contributed by atoms with Crippen molar-refractivity contribution in [2.75, 3.05) is 30.5 Å². The number of hydrogen-bond donors (Lipinski definition) is 3. The lowest BCUT2D eigenvalue weighted by molar-refractivity contribution is -0.118. The van der Waals surface area contributed by atoms with E-state index in [1.54, 1.807) is 0 Å². The zero-order chi connectivity index (χ0) is 11.5. The smallest absolute Gasteiger partial charge is 0.262 e. The van der Waals surface area contributed by atoms with Crippen LogP contribution >= 0.6 is 0 Å². The van der Waals surface area contributed by atoms with Gasteiger partial charge in [0.2, 0.25) is 0 Å². The molecule has 0 saturated carbocycles. The summed E-state index contributed by atoms with van der Waals surface area (Å²) in [7, 11) is 1.90. The number of benzene rings is 1. The molecule has 1 aromatic carbocycles. The highest BCUT2D eigenvalue weighted by atomic mass is 16.5. The van der Waals surface area contributed by atoms with Gasteiger partial charge >= 0.3 is 0 Å². The van der Waals surface area contributed by atoms with Crippen molar-refractivity contribution >= 4 is 17.3 Å². The Morgan fingerprint density at radius 3 is 3.19 bits per heavy atom. The summed E-state index contributed by atoms with van der Waals surface area (Å²) in [4.78, 5) is 13.1. The van der Waals surface area contributed by atoms with Crippen LogP contribution in [-0.2, 0) is 4.79 Å². The van der Waals surface area contributed by atoms with Crippen LogP contribution in [0.4, 0.5) is 11.4 Å². The van der Waals surface area contributed by atoms with E-state index in [2.05, 4.69) is 10.7 Å². The average molecular weight is 222 g/mol. The van der Waals surface area contributed by atoms with Crippen molar-refractivity contribution in [3.8, 4) is 5.75 Å². The third-order valence-corrected chi connectivity index (χ3v) is 2.37. The lowest BCUT2D eigenvalue weighted by Crippen LogP contribution is -2.35. The van der Waals surface area contributed by atoms with E-state index < -0.39 is 0 Å². The summed E-state index contributed by atoms with van der Waals surface area (Å²) in [6.07, 6.45) is 0. The molecule has 2 rings (SSSR count). The summed E-state index contributed by atoms with van der Waals surface area (Å²) < 4.78 is 5.26. The molecule has 6 nitrogen and oxygen atoms in total. The minimum atomic E-state index is -0.135. The van der Waals surface area contributed by atoms with Crippen molar-refractivity contribution in [1.29, 1.82) is 0 Å². The van der Waals surface area contributed by atoms with Gasteiger partial charge in [0.15, 0.2) is 6.61 Å². The second kappa shape index (κ2) is 4.38. The lowest BCUT2D eigenvalue weighted by Gasteiger charge is -2.22. The molecule has 0 spiro atoms. The molecule has 0 saturated heterocycles. The first-order chi connectivity index (χ1) is 7.70. The molecule has 86 valence electrons. The molecule has 6 heteroatoms. The predicted octanol–water partition coefficient (Wildman–Crippen LogP) is -0.126. The number of fused-ring (bicyclic) bond motifs is 1. The van der Waals surface area contributed by atoms with Crippen LogP contribution in [0.3, 0.4) is 0 Å². The molecule has 0 fully saturated rings. The zero-order valence-corrected chi connectivity index (χ0v) is 8.99. The van der Waals surface area contributed by atoms with Gasteiger partial charge in [-0.15, -0.1) is 0 Å². The summed E-state index contributed by atoms with van der Waals surface area (Å²) in [5, 5.41) is 2.75. The third kappa shape index (κ3) is 2.07. The molecule has 16 heavy (non-hydrogen) atoms. The van der Waals surface area contributed by atoms with Gasteiger partial charge in [-0.05, 0) is 18.2 Å². The van der Waals surface area contributed by atoms with Crippen LogP contribution in [0.15, 0.2) is 18.2 Å². The largest absolute Gasteiger partial charge is 0.482 e. The van der Waals surface area contributed by atoms with E-state index in [1.165, 1.54) is 0 Å². The van der Waals surface area contributed by atoms with Gasteiger partial charge in [0.05, 0.1) is 12.4 Å². The molecule has 1 aromatic rings. The molecule has 0 atom stereocenters. The molecule has 4 N–H and O–H groups in total. The fourth-order valence-corrected chi connectivity index (χ4v) is 1.54. The Balaban J connectivity index is 2.24. The van der Waals surface area contributed by atoms with Crippen LogP contribution in [0.5, 0.6) is 5.75 Å². The molecular formula is C10H14N4O2. The summed E-state index contributed by atoms with van der Waals surface area (Å²) in [6.45, 7) is 0.597. The first-order valence-electron chi connectivity index (χ1n) is 4.92. The van der Waals surface area contributed by atoms with E-state index in [-0.39, 0.29) is 12.5 Å². The monoisotopic (exact) mass is 222 g/mol. The maximum atomic E-state index is 11.2. The van der Waals surface area contributed by atoms with Crippen molar-refractivity contribution in [3.05, 3.63) is 18.2 Å². The van der Waals surface area contributed by atoms with E-state index in [0.29, 0.717) is 18.1 Å². The summed E-state index contributed by atoms with van der Waals surface area (Å²) >= 11 is 0. The second-order valence-electron chi connectivity index (χ2n) is 3.58. The molecule has 0 bridgehead atoms. The fraction of sp³-hybridized carbons (Fsp3) is 0.300. The highest BCUT2D eigenvalue weighted by Crippen LogP contribution is 2.31. The minimum Gasteiger partial charge on any atom is -0.482 e. The van der Waals surface area contributed by atoms with Gasteiger partial charge in [-0.3, -0.25) is 10.6 Å². The molecule has 0 radical (unpaired) electrons.